The van der Waals surface area contributed by atoms with Crippen molar-refractivity contribution < 1.29 is 13.2 Å². The molecule has 1 amide bonds. The Bertz CT molecular complexity index is 1230. The van der Waals surface area contributed by atoms with E-state index in [1.165, 1.54) is 11.3 Å². The van der Waals surface area contributed by atoms with Crippen LogP contribution in [0.4, 0.5) is 10.8 Å². The molecule has 2 aromatic carbocycles. The smallest absolute Gasteiger partial charge is 0.285 e. The van der Waals surface area contributed by atoms with Gasteiger partial charge in [0.25, 0.3) is 5.91 Å². The van der Waals surface area contributed by atoms with Crippen LogP contribution in [0.2, 0.25) is 0 Å². The standard InChI is InChI=1S/C20H17BrN4O3S2/c1-13-4-3-5-15(10-13)12-25(16-8-6-14(11-22)7-9-16)20-23-17(18(21)29-20)19(26)24-30(2,27)28/h3-10H,12H2,1-2H3,(H,24,26). The molecule has 30 heavy (non-hydrogen) atoms. The molecule has 1 heterocycles. The van der Waals surface area contributed by atoms with Gasteiger partial charge in [0.05, 0.1) is 24.4 Å². The summed E-state index contributed by atoms with van der Waals surface area (Å²) in [7, 11) is -3.71. The number of carbonyl (C=O) groups excluding carboxylic acids is 1. The first kappa shape index (κ1) is 22.0. The fraction of sp³-hybridized carbons (Fsp3) is 0.150. The number of hydrogen-bond donors (Lipinski definition) is 1. The first-order valence-corrected chi connectivity index (χ1v) is 12.2. The van der Waals surface area contributed by atoms with E-state index < -0.39 is 15.9 Å². The van der Waals surface area contributed by atoms with Gasteiger partial charge in [0, 0.05) is 5.69 Å². The number of carbonyl (C=O) groups is 1. The maximum Gasteiger partial charge on any atom is 0.285 e. The van der Waals surface area contributed by atoms with Gasteiger partial charge in [-0.1, -0.05) is 41.2 Å². The Morgan fingerprint density at radius 3 is 2.57 bits per heavy atom. The highest BCUT2D eigenvalue weighted by molar-refractivity contribution is 9.11. The van der Waals surface area contributed by atoms with Crippen LogP contribution in [0.1, 0.15) is 27.2 Å². The van der Waals surface area contributed by atoms with Gasteiger partial charge < -0.3 is 4.90 Å². The molecule has 1 N–H and O–H groups in total. The third-order valence-electron chi connectivity index (χ3n) is 4.03. The summed E-state index contributed by atoms with van der Waals surface area (Å²) in [5.41, 5.74) is 3.45. The average Bonchev–Trinajstić information content (AvgIpc) is 3.06. The Morgan fingerprint density at radius 1 is 1.27 bits per heavy atom. The number of aryl methyl sites for hydroxylation is 1. The number of rotatable bonds is 6. The Balaban J connectivity index is 2.02. The minimum atomic E-state index is -3.71. The molecule has 0 saturated carbocycles. The van der Waals surface area contributed by atoms with Gasteiger partial charge in [-0.2, -0.15) is 5.26 Å². The molecular formula is C20H17BrN4O3S2. The van der Waals surface area contributed by atoms with E-state index in [0.717, 1.165) is 23.1 Å². The van der Waals surface area contributed by atoms with Gasteiger partial charge in [-0.25, -0.2) is 18.1 Å². The lowest BCUT2D eigenvalue weighted by atomic mass is 10.1. The van der Waals surface area contributed by atoms with Gasteiger partial charge in [-0.05, 0) is 52.7 Å². The Labute approximate surface area is 187 Å². The van der Waals surface area contributed by atoms with Crippen molar-refractivity contribution in [2.75, 3.05) is 11.2 Å². The molecule has 1 aromatic heterocycles. The zero-order chi connectivity index (χ0) is 21.9. The molecule has 0 unspecified atom stereocenters. The van der Waals surface area contributed by atoms with Crippen LogP contribution in [0.3, 0.4) is 0 Å². The predicted molar refractivity (Wildman–Crippen MR) is 120 cm³/mol. The lowest BCUT2D eigenvalue weighted by Crippen LogP contribution is -2.30. The van der Waals surface area contributed by atoms with E-state index in [0.29, 0.717) is 21.0 Å². The number of nitriles is 1. The average molecular weight is 505 g/mol. The fourth-order valence-corrected chi connectivity index (χ4v) is 4.69. The molecule has 0 saturated heterocycles. The summed E-state index contributed by atoms with van der Waals surface area (Å²) in [5, 5.41) is 9.58. The van der Waals surface area contributed by atoms with Crippen molar-refractivity contribution in [1.82, 2.24) is 9.71 Å². The van der Waals surface area contributed by atoms with Crippen molar-refractivity contribution in [3.63, 3.8) is 0 Å². The van der Waals surface area contributed by atoms with Crippen molar-refractivity contribution in [1.29, 1.82) is 5.26 Å². The maximum atomic E-state index is 12.3. The monoisotopic (exact) mass is 504 g/mol. The molecule has 7 nitrogen and oxygen atoms in total. The van der Waals surface area contributed by atoms with E-state index in [9.17, 15) is 13.2 Å². The number of hydrogen-bond acceptors (Lipinski definition) is 7. The minimum Gasteiger partial charge on any atom is -0.313 e. The lowest BCUT2D eigenvalue weighted by molar-refractivity contribution is 0.0977. The van der Waals surface area contributed by atoms with Crippen molar-refractivity contribution in [2.45, 2.75) is 13.5 Å². The molecular weight excluding hydrogens is 488 g/mol. The normalized spacial score (nSPS) is 11.0. The van der Waals surface area contributed by atoms with Gasteiger partial charge in [-0.3, -0.25) is 4.79 Å². The van der Waals surface area contributed by atoms with Gasteiger partial charge in [0.2, 0.25) is 10.0 Å². The van der Waals surface area contributed by atoms with E-state index in [4.69, 9.17) is 5.26 Å². The van der Waals surface area contributed by atoms with Crippen molar-refractivity contribution in [2.24, 2.45) is 0 Å². The van der Waals surface area contributed by atoms with Crippen molar-refractivity contribution >= 4 is 54.0 Å². The minimum absolute atomic E-state index is 0.0108. The summed E-state index contributed by atoms with van der Waals surface area (Å²) in [6.45, 7) is 2.48. The second-order valence-electron chi connectivity index (χ2n) is 6.56. The number of anilines is 2. The van der Waals surface area contributed by atoms with Crippen molar-refractivity contribution in [3.8, 4) is 6.07 Å². The molecule has 10 heteroatoms. The number of sulfonamides is 1. The number of thiazole rings is 1. The third kappa shape index (κ3) is 5.44. The van der Waals surface area contributed by atoms with E-state index in [1.807, 2.05) is 34.7 Å². The highest BCUT2D eigenvalue weighted by Gasteiger charge is 2.23. The van der Waals surface area contributed by atoms with Crippen LogP contribution in [0.5, 0.6) is 0 Å². The van der Waals surface area contributed by atoms with Gasteiger partial charge >= 0.3 is 0 Å². The quantitative estimate of drug-likeness (QED) is 0.541. The van der Waals surface area contributed by atoms with Crippen LogP contribution in [-0.2, 0) is 16.6 Å². The van der Waals surface area contributed by atoms with Gasteiger partial charge in [0.15, 0.2) is 10.8 Å². The molecule has 154 valence electrons. The molecule has 0 atom stereocenters. The summed E-state index contributed by atoms with van der Waals surface area (Å²) in [6.07, 6.45) is 0.910. The molecule has 0 aliphatic heterocycles. The second kappa shape index (κ2) is 8.95. The first-order valence-electron chi connectivity index (χ1n) is 8.68. The second-order valence-corrected chi connectivity index (χ2v) is 10.6. The van der Waals surface area contributed by atoms with Crippen molar-refractivity contribution in [3.05, 3.63) is 74.7 Å². The molecule has 3 aromatic rings. The van der Waals surface area contributed by atoms with Crippen LogP contribution in [0, 0.1) is 18.3 Å². The number of amides is 1. The number of nitrogens with zero attached hydrogens (tertiary/aromatic N) is 3. The van der Waals surface area contributed by atoms with Gasteiger partial charge in [-0.15, -0.1) is 0 Å². The number of nitrogens with one attached hydrogen (secondary N) is 1. The highest BCUT2D eigenvalue weighted by atomic mass is 79.9. The van der Waals surface area contributed by atoms with Crippen LogP contribution >= 0.6 is 27.3 Å². The molecule has 0 radical (unpaired) electrons. The molecule has 0 aliphatic rings. The predicted octanol–water partition coefficient (Wildman–Crippen LogP) is 4.11. The number of aromatic nitrogens is 1. The summed E-state index contributed by atoms with van der Waals surface area (Å²) in [4.78, 5) is 18.6. The Kier molecular flexibility index (Phi) is 6.55. The van der Waals surface area contributed by atoms with Crippen LogP contribution < -0.4 is 9.62 Å². The van der Waals surface area contributed by atoms with Crippen LogP contribution in [-0.4, -0.2) is 25.6 Å². The summed E-state index contributed by atoms with van der Waals surface area (Å²) in [5.74, 6) is -0.804. The molecule has 0 aliphatic carbocycles. The van der Waals surface area contributed by atoms with E-state index >= 15 is 0 Å². The van der Waals surface area contributed by atoms with Crippen LogP contribution in [0.15, 0.2) is 52.3 Å². The molecule has 0 bridgehead atoms. The number of benzene rings is 2. The molecule has 0 spiro atoms. The van der Waals surface area contributed by atoms with E-state index in [-0.39, 0.29) is 5.69 Å². The fourth-order valence-electron chi connectivity index (χ4n) is 2.74. The first-order chi connectivity index (χ1) is 14.2. The van der Waals surface area contributed by atoms with E-state index in [1.54, 1.807) is 24.3 Å². The zero-order valence-electron chi connectivity index (χ0n) is 16.1. The SMILES string of the molecule is Cc1cccc(CN(c2ccc(C#N)cc2)c2nc(C(=O)NS(C)(=O)=O)c(Br)s2)c1. The lowest BCUT2D eigenvalue weighted by Gasteiger charge is -2.22. The van der Waals surface area contributed by atoms with Crippen LogP contribution in [0.25, 0.3) is 0 Å². The zero-order valence-corrected chi connectivity index (χ0v) is 19.3. The largest absolute Gasteiger partial charge is 0.313 e. The van der Waals surface area contributed by atoms with Gasteiger partial charge in [0.1, 0.15) is 3.79 Å². The molecule has 3 rings (SSSR count). The Hall–Kier alpha value is -2.74. The maximum absolute atomic E-state index is 12.3. The van der Waals surface area contributed by atoms with E-state index in [2.05, 4.69) is 33.0 Å². The summed E-state index contributed by atoms with van der Waals surface area (Å²) in [6, 6.07) is 17.1. The summed E-state index contributed by atoms with van der Waals surface area (Å²) >= 11 is 4.53. The molecule has 0 fully saturated rings. The topological polar surface area (TPSA) is 103 Å². The highest BCUT2D eigenvalue weighted by Crippen LogP contribution is 2.36. The summed E-state index contributed by atoms with van der Waals surface area (Å²) < 4.78 is 25.2. The number of halogens is 1. The third-order valence-corrected chi connectivity index (χ3v) is 6.31. The Morgan fingerprint density at radius 2 is 1.97 bits per heavy atom.